The Labute approximate surface area is 591 Å². The molecule has 560 valence electrons. The molecule has 2 aromatic carbocycles. The Morgan fingerprint density at radius 1 is 0.680 bits per heavy atom. The van der Waals surface area contributed by atoms with E-state index in [1.165, 1.54) is 10.6 Å². The van der Waals surface area contributed by atoms with Crippen molar-refractivity contribution in [2.75, 3.05) is 146 Å². The molecule has 0 spiro atoms. The number of hydrogen-bond acceptors (Lipinski definition) is 24. The normalized spacial score (nSPS) is 16.5. The molecule has 3 aliphatic heterocycles. The van der Waals surface area contributed by atoms with Crippen LogP contribution in [0, 0.1) is 12.7 Å². The highest BCUT2D eigenvalue weighted by molar-refractivity contribution is 6.15. The van der Waals surface area contributed by atoms with Gasteiger partial charge in [-0.15, -0.1) is 0 Å². The number of aromatic nitrogens is 2. The van der Waals surface area contributed by atoms with Gasteiger partial charge in [-0.3, -0.25) is 52.8 Å². The van der Waals surface area contributed by atoms with E-state index >= 15 is 4.39 Å². The van der Waals surface area contributed by atoms with Crippen LogP contribution in [0.5, 0.6) is 0 Å². The third-order valence-corrected chi connectivity index (χ3v) is 17.2. The van der Waals surface area contributed by atoms with Gasteiger partial charge in [0.2, 0.25) is 41.4 Å². The van der Waals surface area contributed by atoms with Crippen molar-refractivity contribution in [1.82, 2.24) is 51.7 Å². The summed E-state index contributed by atoms with van der Waals surface area (Å²) in [5.74, 6) is -8.58. The number of carbonyl (C=O) groups is 10. The Kier molecular flexibility index (Phi) is 31.0. The van der Waals surface area contributed by atoms with Gasteiger partial charge in [-0.1, -0.05) is 37.3 Å². The van der Waals surface area contributed by atoms with Crippen molar-refractivity contribution in [3.63, 3.8) is 0 Å². The second kappa shape index (κ2) is 40.1. The van der Waals surface area contributed by atoms with Crippen LogP contribution in [0.1, 0.15) is 77.6 Å². The molecular weight excluding hydrogens is 1360 g/mol. The SMILES string of the molecule is CC[C@@]1(O)C(=O)OCc2c1cc1n(c2=O)Cc2c-1nc1cc(F)c(C)c3c1c2[C@@H](NC(=O)[C@H](O)CCOCNC(=O)CNC(=O)[C@H](Cc1ccccc1)NC(=O)CNC(=O)CNC(=O)C(CNC(=O)CCOCCOCCOCCOCCOCCOCCOCCOC)N1C(=O)C=CC1=O)CC3. The summed E-state index contributed by atoms with van der Waals surface area (Å²) in [7, 11) is 1.61. The number of amides is 9. The summed E-state index contributed by atoms with van der Waals surface area (Å²) in [6.07, 6.45) is 0.443. The van der Waals surface area contributed by atoms with E-state index in [1.54, 1.807) is 57.4 Å². The predicted molar refractivity (Wildman–Crippen MR) is 359 cm³/mol. The number of pyridine rings is 2. The number of ether oxygens (including phenoxy) is 10. The molecule has 33 nitrogen and oxygen atoms in total. The molecule has 8 rings (SSSR count). The van der Waals surface area contributed by atoms with Crippen LogP contribution in [0.2, 0.25) is 0 Å². The molecule has 9 amide bonds. The lowest BCUT2D eigenvalue weighted by molar-refractivity contribution is -0.172. The lowest BCUT2D eigenvalue weighted by Crippen LogP contribution is -2.56. The quantitative estimate of drug-likeness (QED) is 0.00890. The molecule has 4 aromatic rings. The van der Waals surface area contributed by atoms with Crippen LogP contribution in [-0.2, 0) is 127 Å². The summed E-state index contributed by atoms with van der Waals surface area (Å²) in [5.41, 5.74) is 1.36. The maximum Gasteiger partial charge on any atom is 0.343 e. The largest absolute Gasteiger partial charge is 0.458 e. The molecule has 103 heavy (non-hydrogen) atoms. The number of methoxy groups -OCH3 is 1. The minimum Gasteiger partial charge on any atom is -0.458 e. The first-order chi connectivity index (χ1) is 49.7. The number of hydrogen-bond donors (Lipinski definition) is 9. The number of nitrogens with one attached hydrogen (secondary N) is 7. The van der Waals surface area contributed by atoms with Crippen molar-refractivity contribution in [3.05, 3.63) is 110 Å². The van der Waals surface area contributed by atoms with E-state index in [4.69, 9.17) is 52.4 Å². The topological polar surface area (TPSA) is 426 Å². The van der Waals surface area contributed by atoms with Crippen molar-refractivity contribution in [2.45, 2.75) is 95.4 Å². The van der Waals surface area contributed by atoms with Crippen molar-refractivity contribution in [3.8, 4) is 11.4 Å². The third kappa shape index (κ3) is 22.2. The summed E-state index contributed by atoms with van der Waals surface area (Å²) in [6, 6.07) is 7.80. The van der Waals surface area contributed by atoms with Gasteiger partial charge in [-0.2, -0.15) is 0 Å². The number of fused-ring (bicyclic) bond motifs is 5. The Hall–Kier alpha value is -9.07. The lowest BCUT2D eigenvalue weighted by Gasteiger charge is -2.31. The number of aliphatic hydroxyl groups excluding tert-OH is 1. The summed E-state index contributed by atoms with van der Waals surface area (Å²) in [4.78, 5) is 150. The summed E-state index contributed by atoms with van der Waals surface area (Å²) in [5, 5.41) is 40.5. The van der Waals surface area contributed by atoms with Crippen LogP contribution < -0.4 is 42.8 Å². The van der Waals surface area contributed by atoms with E-state index in [0.717, 1.165) is 12.2 Å². The Balaban J connectivity index is 0.706. The minimum atomic E-state index is -2.08. The van der Waals surface area contributed by atoms with Crippen LogP contribution in [0.4, 0.5) is 4.39 Å². The summed E-state index contributed by atoms with van der Waals surface area (Å²) >= 11 is 0. The highest BCUT2D eigenvalue weighted by Gasteiger charge is 2.46. The van der Waals surface area contributed by atoms with Gasteiger partial charge in [0.25, 0.3) is 17.4 Å². The molecule has 5 atom stereocenters. The highest BCUT2D eigenvalue weighted by Crippen LogP contribution is 2.46. The molecule has 34 heteroatoms. The van der Waals surface area contributed by atoms with Crippen molar-refractivity contribution in [2.24, 2.45) is 0 Å². The third-order valence-electron chi connectivity index (χ3n) is 17.2. The molecule has 1 unspecified atom stereocenters. The van der Waals surface area contributed by atoms with E-state index in [2.05, 4.69) is 37.2 Å². The number of rotatable bonds is 46. The van der Waals surface area contributed by atoms with E-state index in [1.807, 2.05) is 0 Å². The molecule has 2 aromatic heterocycles. The first kappa shape index (κ1) is 79.6. The van der Waals surface area contributed by atoms with Crippen molar-refractivity contribution >= 4 is 70.0 Å². The number of halogens is 1. The van der Waals surface area contributed by atoms with E-state index in [9.17, 15) is 63.0 Å². The van der Waals surface area contributed by atoms with Gasteiger partial charge in [-0.25, -0.2) is 14.2 Å². The molecule has 0 saturated heterocycles. The number of aliphatic hydroxyl groups is 2. The Morgan fingerprint density at radius 2 is 1.26 bits per heavy atom. The van der Waals surface area contributed by atoms with E-state index in [-0.39, 0.29) is 81.9 Å². The van der Waals surface area contributed by atoms with Crippen LogP contribution in [0.3, 0.4) is 0 Å². The maximum atomic E-state index is 15.5. The van der Waals surface area contributed by atoms with Gasteiger partial charge >= 0.3 is 5.97 Å². The van der Waals surface area contributed by atoms with Gasteiger partial charge in [0.15, 0.2) is 5.60 Å². The fourth-order valence-corrected chi connectivity index (χ4v) is 11.7. The summed E-state index contributed by atoms with van der Waals surface area (Å²) < 4.78 is 70.6. The molecule has 0 fully saturated rings. The number of imide groups is 1. The monoisotopic (exact) mass is 1440 g/mol. The number of esters is 1. The van der Waals surface area contributed by atoms with Gasteiger partial charge in [0, 0.05) is 67.6 Å². The molecule has 0 saturated carbocycles. The first-order valence-corrected chi connectivity index (χ1v) is 33.9. The number of benzene rings is 2. The zero-order valence-corrected chi connectivity index (χ0v) is 57.7. The van der Waals surface area contributed by atoms with Crippen molar-refractivity contribution < 1.29 is 110 Å². The zero-order valence-electron chi connectivity index (χ0n) is 57.7. The van der Waals surface area contributed by atoms with Crippen LogP contribution in [-0.4, -0.2) is 248 Å². The fraction of sp³-hybridized carbons (Fsp3) is 0.536. The minimum absolute atomic E-state index is 0.00627. The predicted octanol–water partition coefficient (Wildman–Crippen LogP) is -1.89. The lowest BCUT2D eigenvalue weighted by atomic mass is 9.81. The highest BCUT2D eigenvalue weighted by atomic mass is 19.1. The second-order valence-corrected chi connectivity index (χ2v) is 24.1. The molecular formula is C69H89FN10O23. The number of nitrogens with zero attached hydrogens (tertiary/aromatic N) is 3. The maximum absolute atomic E-state index is 15.5. The zero-order chi connectivity index (χ0) is 73.8. The van der Waals surface area contributed by atoms with Crippen LogP contribution >= 0.6 is 0 Å². The number of aryl methyl sites for hydroxylation is 1. The molecule has 1 aliphatic carbocycles. The molecule has 0 bridgehead atoms. The van der Waals surface area contributed by atoms with Crippen LogP contribution in [0.15, 0.2) is 59.4 Å². The first-order valence-electron chi connectivity index (χ1n) is 33.9. The smallest absolute Gasteiger partial charge is 0.343 e. The second-order valence-electron chi connectivity index (χ2n) is 24.1. The molecule has 4 aliphatic rings. The van der Waals surface area contributed by atoms with Gasteiger partial charge < -0.3 is 99.4 Å². The van der Waals surface area contributed by atoms with Crippen molar-refractivity contribution in [1.29, 1.82) is 0 Å². The van der Waals surface area contributed by atoms with Crippen LogP contribution in [0.25, 0.3) is 22.3 Å². The van der Waals surface area contributed by atoms with E-state index in [0.29, 0.717) is 142 Å². The van der Waals surface area contributed by atoms with E-state index < -0.39 is 133 Å². The molecule has 9 N–H and O–H groups in total. The summed E-state index contributed by atoms with van der Waals surface area (Å²) in [6.45, 7) is 5.22. The van der Waals surface area contributed by atoms with Gasteiger partial charge in [0.1, 0.15) is 37.3 Å². The molecule has 5 heterocycles. The molecule has 0 radical (unpaired) electrons. The number of carbonyl (C=O) groups excluding carboxylic acids is 10. The fourth-order valence-electron chi connectivity index (χ4n) is 11.7. The van der Waals surface area contributed by atoms with Gasteiger partial charge in [-0.05, 0) is 54.5 Å². The average molecular weight is 1450 g/mol. The van der Waals surface area contributed by atoms with Gasteiger partial charge in [0.05, 0.1) is 160 Å². The Bertz CT molecular complexity index is 3750. The number of cyclic esters (lactones) is 1. The Morgan fingerprint density at radius 3 is 1.87 bits per heavy atom. The standard InChI is InChI=1S/C69H89FN10O23/c1-4-69(93)47-33-52-63-45(39-79(52)67(91)46(47)40-103-68(69)92)62-49(11-10-44-42(2)48(70)34-50(77-63)61(44)62)78-66(90)54(81)14-16-102-41-75-57(84)37-73-64(88)51(32-43-8-6-5-7-9-43)76-58(85)38-72-56(83)36-74-65(89)53(80-59(86)12-13-60(80)87)35-71-55(82)15-17-95-20-21-97-24-25-99-28-29-101-31-30-100-27-26-98-23-22-96-19-18-94-3/h5-9,12-13,33-34,49,51,53-54,81,93H,4,10-11,14-32,35-41H2,1-3H3,(H,71,82)(H,72,83)(H,73,88)(H,74,89)(H,75,84)(H,76,85)(H,78,90)/t49-,51-,53?,54+,69-/m0/s1. The average Bonchev–Trinajstić information content (AvgIpc) is 1.51.